The first kappa shape index (κ1) is 24.1. The second kappa shape index (κ2) is 11.9. The van der Waals surface area contributed by atoms with Crippen molar-refractivity contribution in [3.8, 4) is 11.5 Å². The highest BCUT2D eigenvalue weighted by Crippen LogP contribution is 2.32. The van der Waals surface area contributed by atoms with Crippen molar-refractivity contribution in [2.45, 2.75) is 64.7 Å². The molecule has 32 heavy (non-hydrogen) atoms. The SMILES string of the molecule is CCCCCCC1CCC(COc2ccc(C(=O)Oc3cc(F)c(F)c(F)c3)cc2)CC1. The van der Waals surface area contributed by atoms with E-state index in [0.29, 0.717) is 30.4 Å². The van der Waals surface area contributed by atoms with Crippen LogP contribution in [0.25, 0.3) is 0 Å². The largest absolute Gasteiger partial charge is 0.493 e. The zero-order valence-corrected chi connectivity index (χ0v) is 18.5. The van der Waals surface area contributed by atoms with Gasteiger partial charge in [-0.2, -0.15) is 0 Å². The van der Waals surface area contributed by atoms with Gasteiger partial charge in [-0.05, 0) is 48.9 Å². The maximum atomic E-state index is 13.3. The Balaban J connectivity index is 1.42. The number of rotatable bonds is 10. The molecule has 0 N–H and O–H groups in total. The Bertz CT molecular complexity index is 851. The first-order valence-electron chi connectivity index (χ1n) is 11.6. The maximum Gasteiger partial charge on any atom is 0.343 e. The molecule has 1 aliphatic rings. The summed E-state index contributed by atoms with van der Waals surface area (Å²) in [5.74, 6) is -3.56. The molecule has 0 bridgehead atoms. The summed E-state index contributed by atoms with van der Waals surface area (Å²) in [4.78, 5) is 12.2. The average Bonchev–Trinajstić information content (AvgIpc) is 2.80. The molecular weight excluding hydrogens is 417 g/mol. The normalized spacial score (nSPS) is 18.4. The molecule has 0 atom stereocenters. The second-order valence-corrected chi connectivity index (χ2v) is 8.66. The molecule has 0 amide bonds. The van der Waals surface area contributed by atoms with E-state index < -0.39 is 29.2 Å². The summed E-state index contributed by atoms with van der Waals surface area (Å²) in [5, 5.41) is 0. The molecule has 1 aliphatic carbocycles. The number of ether oxygens (including phenoxy) is 2. The smallest absolute Gasteiger partial charge is 0.343 e. The fourth-order valence-electron chi connectivity index (χ4n) is 4.21. The van der Waals surface area contributed by atoms with Gasteiger partial charge in [-0.25, -0.2) is 18.0 Å². The van der Waals surface area contributed by atoms with Crippen LogP contribution in [-0.4, -0.2) is 12.6 Å². The van der Waals surface area contributed by atoms with Crippen molar-refractivity contribution in [2.24, 2.45) is 11.8 Å². The number of hydrogen-bond acceptors (Lipinski definition) is 3. The van der Waals surface area contributed by atoms with E-state index in [9.17, 15) is 18.0 Å². The minimum Gasteiger partial charge on any atom is -0.493 e. The van der Waals surface area contributed by atoms with Gasteiger partial charge in [-0.15, -0.1) is 0 Å². The molecular formula is C26H31F3O3. The Kier molecular flexibility index (Phi) is 9.00. The van der Waals surface area contributed by atoms with Gasteiger partial charge >= 0.3 is 5.97 Å². The molecule has 174 valence electrons. The van der Waals surface area contributed by atoms with Gasteiger partial charge in [0.1, 0.15) is 11.5 Å². The average molecular weight is 449 g/mol. The van der Waals surface area contributed by atoms with E-state index in [1.165, 1.54) is 69.9 Å². The van der Waals surface area contributed by atoms with Gasteiger partial charge in [-0.3, -0.25) is 0 Å². The molecule has 2 aromatic rings. The van der Waals surface area contributed by atoms with Crippen LogP contribution in [0.3, 0.4) is 0 Å². The molecule has 3 rings (SSSR count). The highest BCUT2D eigenvalue weighted by atomic mass is 19.2. The monoisotopic (exact) mass is 448 g/mol. The van der Waals surface area contributed by atoms with Crippen molar-refractivity contribution < 1.29 is 27.4 Å². The van der Waals surface area contributed by atoms with Crippen LogP contribution in [0.2, 0.25) is 0 Å². The van der Waals surface area contributed by atoms with Crippen molar-refractivity contribution in [1.82, 2.24) is 0 Å². The number of esters is 1. The lowest BCUT2D eigenvalue weighted by atomic mass is 9.80. The number of halogens is 3. The van der Waals surface area contributed by atoms with Gasteiger partial charge in [0, 0.05) is 12.1 Å². The van der Waals surface area contributed by atoms with Crippen molar-refractivity contribution in [3.05, 3.63) is 59.4 Å². The third kappa shape index (κ3) is 7.01. The molecule has 0 heterocycles. The van der Waals surface area contributed by atoms with Gasteiger partial charge in [0.15, 0.2) is 17.5 Å². The van der Waals surface area contributed by atoms with Crippen LogP contribution < -0.4 is 9.47 Å². The molecule has 6 heteroatoms. The van der Waals surface area contributed by atoms with Gasteiger partial charge in [-0.1, -0.05) is 51.9 Å². The fraction of sp³-hybridized carbons (Fsp3) is 0.500. The molecule has 1 fully saturated rings. The predicted octanol–water partition coefficient (Wildman–Crippen LogP) is 7.48. The van der Waals surface area contributed by atoms with Crippen molar-refractivity contribution >= 4 is 5.97 Å². The summed E-state index contributed by atoms with van der Waals surface area (Å²) in [6.45, 7) is 2.89. The summed E-state index contributed by atoms with van der Waals surface area (Å²) in [6.07, 6.45) is 11.6. The van der Waals surface area contributed by atoms with E-state index in [-0.39, 0.29) is 5.56 Å². The molecule has 0 aromatic heterocycles. The Morgan fingerprint density at radius 2 is 1.50 bits per heavy atom. The van der Waals surface area contributed by atoms with Crippen LogP contribution >= 0.6 is 0 Å². The van der Waals surface area contributed by atoms with E-state index in [0.717, 1.165) is 5.92 Å². The van der Waals surface area contributed by atoms with Gasteiger partial charge in [0.25, 0.3) is 0 Å². The summed E-state index contributed by atoms with van der Waals surface area (Å²) in [6, 6.07) is 7.66. The van der Waals surface area contributed by atoms with Crippen molar-refractivity contribution in [3.63, 3.8) is 0 Å². The first-order chi connectivity index (χ1) is 15.5. The minimum atomic E-state index is -1.60. The fourth-order valence-corrected chi connectivity index (χ4v) is 4.21. The van der Waals surface area contributed by atoms with Crippen LogP contribution in [0.4, 0.5) is 13.2 Å². The van der Waals surface area contributed by atoms with Crippen LogP contribution in [0.1, 0.15) is 75.1 Å². The predicted molar refractivity (Wildman–Crippen MR) is 117 cm³/mol. The van der Waals surface area contributed by atoms with Gasteiger partial charge in [0.05, 0.1) is 12.2 Å². The zero-order chi connectivity index (χ0) is 22.9. The minimum absolute atomic E-state index is 0.200. The van der Waals surface area contributed by atoms with Crippen molar-refractivity contribution in [2.75, 3.05) is 6.61 Å². The summed E-state index contributed by atoms with van der Waals surface area (Å²) in [5.41, 5.74) is 0.200. The third-order valence-corrected chi connectivity index (χ3v) is 6.18. The Morgan fingerprint density at radius 1 is 0.875 bits per heavy atom. The number of carbonyl (C=O) groups is 1. The van der Waals surface area contributed by atoms with Crippen LogP contribution in [-0.2, 0) is 0 Å². The van der Waals surface area contributed by atoms with Crippen LogP contribution in [0, 0.1) is 29.3 Å². The van der Waals surface area contributed by atoms with Gasteiger partial charge < -0.3 is 9.47 Å². The molecule has 0 aliphatic heterocycles. The summed E-state index contributed by atoms with van der Waals surface area (Å²) in [7, 11) is 0. The van der Waals surface area contributed by atoms with Gasteiger partial charge in [0.2, 0.25) is 0 Å². The standard InChI is InChI=1S/C26H31F3O3/c1-2-3-4-5-6-18-7-9-19(10-8-18)17-31-21-13-11-20(12-14-21)26(30)32-22-15-23(27)25(29)24(28)16-22/h11-16,18-19H,2-10,17H2,1H3. The lowest BCUT2D eigenvalue weighted by Gasteiger charge is -2.28. The number of hydrogen-bond donors (Lipinski definition) is 0. The van der Waals surface area contributed by atoms with E-state index in [1.54, 1.807) is 12.1 Å². The summed E-state index contributed by atoms with van der Waals surface area (Å²) >= 11 is 0. The van der Waals surface area contributed by atoms with E-state index >= 15 is 0 Å². The third-order valence-electron chi connectivity index (χ3n) is 6.18. The topological polar surface area (TPSA) is 35.5 Å². The van der Waals surface area contributed by atoms with E-state index in [2.05, 4.69) is 6.92 Å². The molecule has 0 saturated heterocycles. The number of benzene rings is 2. The van der Waals surface area contributed by atoms with E-state index in [4.69, 9.17) is 9.47 Å². The quantitative estimate of drug-likeness (QED) is 0.164. The maximum absolute atomic E-state index is 13.3. The molecule has 1 saturated carbocycles. The first-order valence-corrected chi connectivity index (χ1v) is 11.6. The lowest BCUT2D eigenvalue weighted by Crippen LogP contribution is -2.20. The molecule has 2 aromatic carbocycles. The van der Waals surface area contributed by atoms with Crippen LogP contribution in [0.15, 0.2) is 36.4 Å². The molecule has 3 nitrogen and oxygen atoms in total. The Labute approximate surface area is 187 Å². The number of carbonyl (C=O) groups excluding carboxylic acids is 1. The summed E-state index contributed by atoms with van der Waals surface area (Å²) < 4.78 is 50.4. The lowest BCUT2D eigenvalue weighted by molar-refractivity contribution is 0.0733. The zero-order valence-electron chi connectivity index (χ0n) is 18.5. The second-order valence-electron chi connectivity index (χ2n) is 8.66. The number of unbranched alkanes of at least 4 members (excludes halogenated alkanes) is 3. The molecule has 0 radical (unpaired) electrons. The molecule has 0 unspecified atom stereocenters. The Morgan fingerprint density at radius 3 is 2.12 bits per heavy atom. The van der Waals surface area contributed by atoms with Crippen LogP contribution in [0.5, 0.6) is 11.5 Å². The highest BCUT2D eigenvalue weighted by molar-refractivity contribution is 5.91. The van der Waals surface area contributed by atoms with E-state index in [1.807, 2.05) is 0 Å². The molecule has 0 spiro atoms. The highest BCUT2D eigenvalue weighted by Gasteiger charge is 2.21. The Hall–Kier alpha value is -2.50. The van der Waals surface area contributed by atoms with Crippen molar-refractivity contribution in [1.29, 1.82) is 0 Å².